The van der Waals surface area contributed by atoms with Crippen molar-refractivity contribution in [2.45, 2.75) is 13.0 Å². The number of nitrogens with zero attached hydrogens (tertiary/aromatic N) is 7. The Hall–Kier alpha value is -2.79. The lowest BCUT2D eigenvalue weighted by Crippen LogP contribution is -2.41. The molecule has 5 rings (SSSR count). The van der Waals surface area contributed by atoms with Crippen LogP contribution in [0.4, 0.5) is 0 Å². The summed E-state index contributed by atoms with van der Waals surface area (Å²) >= 11 is 3.39. The van der Waals surface area contributed by atoms with Crippen molar-refractivity contribution >= 4 is 40.0 Å². The third kappa shape index (κ3) is 3.10. The Morgan fingerprint density at radius 1 is 1.38 bits per heavy atom. The molecule has 0 saturated carbocycles. The molecule has 1 saturated heterocycles. The first kappa shape index (κ1) is 18.3. The largest absolute Gasteiger partial charge is 0.327 e. The second-order valence-corrected chi connectivity index (χ2v) is 8.90. The lowest BCUT2D eigenvalue weighted by Gasteiger charge is -2.33. The Morgan fingerprint density at radius 2 is 2.28 bits per heavy atom. The maximum absolute atomic E-state index is 13.8. The van der Waals surface area contributed by atoms with E-state index in [0.29, 0.717) is 23.6 Å². The third-order valence-corrected chi connectivity index (χ3v) is 6.94. The number of hydrogen-bond donors (Lipinski definition) is 1. The summed E-state index contributed by atoms with van der Waals surface area (Å²) in [4.78, 5) is 21.4. The highest BCUT2D eigenvalue weighted by Gasteiger charge is 2.33. The van der Waals surface area contributed by atoms with Crippen LogP contribution in [0.2, 0.25) is 0 Å². The molecular formula is C18H18N8OS2. The molecule has 0 bridgehead atoms. The first-order valence-corrected chi connectivity index (χ1v) is 11.2. The normalized spacial score (nSPS) is 17.2. The minimum Gasteiger partial charge on any atom is -0.327 e. The van der Waals surface area contributed by atoms with Gasteiger partial charge in [0.15, 0.2) is 11.5 Å². The number of H-pyrrole nitrogens is 1. The van der Waals surface area contributed by atoms with Crippen molar-refractivity contribution in [1.29, 1.82) is 0 Å². The predicted molar refractivity (Wildman–Crippen MR) is 112 cm³/mol. The third-order valence-electron chi connectivity index (χ3n) is 5.02. The highest BCUT2D eigenvalue weighted by atomic mass is 32.2. The molecule has 9 nitrogen and oxygen atoms in total. The lowest BCUT2D eigenvalue weighted by atomic mass is 10.1. The van der Waals surface area contributed by atoms with Crippen molar-refractivity contribution < 1.29 is 4.79 Å². The Morgan fingerprint density at radius 3 is 3.03 bits per heavy atom. The molecular weight excluding hydrogens is 408 g/mol. The highest BCUT2D eigenvalue weighted by molar-refractivity contribution is 7.99. The molecule has 4 aromatic heterocycles. The number of hydrogen-bond acceptors (Lipinski definition) is 8. The molecule has 0 radical (unpaired) electrons. The van der Waals surface area contributed by atoms with Crippen LogP contribution in [0, 0.1) is 6.92 Å². The molecule has 1 aliphatic heterocycles. The van der Waals surface area contributed by atoms with Crippen LogP contribution in [0.25, 0.3) is 21.6 Å². The first-order chi connectivity index (χ1) is 14.1. The molecule has 148 valence electrons. The van der Waals surface area contributed by atoms with E-state index in [1.165, 1.54) is 0 Å². The zero-order valence-corrected chi connectivity index (χ0v) is 17.5. The van der Waals surface area contributed by atoms with Gasteiger partial charge in [0.25, 0.3) is 5.91 Å². The fraction of sp³-hybridized carbons (Fsp3) is 0.333. The van der Waals surface area contributed by atoms with E-state index in [1.807, 2.05) is 42.5 Å². The number of carbonyl (C=O) groups excluding carboxylic acids is 1. The molecule has 4 aromatic rings. The minimum absolute atomic E-state index is 0.0543. The van der Waals surface area contributed by atoms with Crippen LogP contribution in [-0.4, -0.2) is 64.2 Å². The Bertz CT molecular complexity index is 1170. The monoisotopic (exact) mass is 426 g/mol. The molecule has 29 heavy (non-hydrogen) atoms. The van der Waals surface area contributed by atoms with Crippen LogP contribution in [0.5, 0.6) is 0 Å². The number of tetrazole rings is 1. The van der Waals surface area contributed by atoms with Crippen LogP contribution in [0.1, 0.15) is 27.9 Å². The van der Waals surface area contributed by atoms with Crippen molar-refractivity contribution in [2.75, 3.05) is 18.1 Å². The molecule has 1 N–H and O–H groups in total. The highest BCUT2D eigenvalue weighted by Crippen LogP contribution is 2.33. The fourth-order valence-electron chi connectivity index (χ4n) is 3.69. The second-order valence-electron chi connectivity index (χ2n) is 6.80. The zero-order chi connectivity index (χ0) is 20.0. The number of thiophene rings is 1. The maximum atomic E-state index is 13.8. The number of carbonyl (C=O) groups is 1. The number of aryl methyl sites for hydroxylation is 2. The predicted octanol–water partition coefficient (Wildman–Crippen LogP) is 2.45. The van der Waals surface area contributed by atoms with Crippen molar-refractivity contribution in [2.24, 2.45) is 7.05 Å². The molecule has 11 heteroatoms. The number of rotatable bonds is 3. The fourth-order valence-corrected chi connectivity index (χ4v) is 5.42. The molecule has 1 fully saturated rings. The summed E-state index contributed by atoms with van der Waals surface area (Å²) in [5.41, 5.74) is 2.89. The first-order valence-electron chi connectivity index (χ1n) is 9.14. The number of thioether (sulfide) groups is 1. The quantitative estimate of drug-likeness (QED) is 0.536. The van der Waals surface area contributed by atoms with Crippen LogP contribution >= 0.6 is 23.1 Å². The Kier molecular flexibility index (Phi) is 4.55. The SMILES string of the molecule is Cc1nn(C)c2nc(-c3cccs3)cc(C(=O)N3CCSC[C@H]3c3nn[nH]n3)c12. The Balaban J connectivity index is 1.66. The van der Waals surface area contributed by atoms with Gasteiger partial charge in [-0.05, 0) is 24.4 Å². The van der Waals surface area contributed by atoms with Crippen LogP contribution < -0.4 is 0 Å². The number of aromatic nitrogens is 7. The van der Waals surface area contributed by atoms with E-state index in [1.54, 1.807) is 27.8 Å². The average Bonchev–Trinajstić information content (AvgIpc) is 3.50. The number of aromatic amines is 1. The molecule has 1 amide bonds. The minimum atomic E-state index is -0.217. The molecule has 0 aliphatic carbocycles. The summed E-state index contributed by atoms with van der Waals surface area (Å²) in [6.45, 7) is 2.54. The van der Waals surface area contributed by atoms with E-state index in [-0.39, 0.29) is 11.9 Å². The summed E-state index contributed by atoms with van der Waals surface area (Å²) in [7, 11) is 1.86. The van der Waals surface area contributed by atoms with Gasteiger partial charge in [0.05, 0.1) is 27.2 Å². The van der Waals surface area contributed by atoms with Gasteiger partial charge in [-0.15, -0.1) is 21.5 Å². The standard InChI is InChI=1S/C18H18N8OS2/c1-10-15-11(8-12(14-4-3-6-29-14)19-17(15)25(2)22-10)18(27)26-5-7-28-9-13(26)16-20-23-24-21-16/h3-4,6,8,13H,5,7,9H2,1-2H3,(H,20,21,23,24)/t13-/m0/s1. The molecule has 0 aromatic carbocycles. The van der Waals surface area contributed by atoms with Crippen LogP contribution in [0.3, 0.4) is 0 Å². The van der Waals surface area contributed by atoms with Crippen molar-refractivity contribution in [1.82, 2.24) is 40.3 Å². The summed E-state index contributed by atoms with van der Waals surface area (Å²) in [6.07, 6.45) is 0. The van der Waals surface area contributed by atoms with Gasteiger partial charge in [-0.3, -0.25) is 9.48 Å². The van der Waals surface area contributed by atoms with Gasteiger partial charge in [-0.25, -0.2) is 4.98 Å². The van der Waals surface area contributed by atoms with Crippen LogP contribution in [-0.2, 0) is 7.05 Å². The van der Waals surface area contributed by atoms with Crippen LogP contribution in [0.15, 0.2) is 23.6 Å². The van der Waals surface area contributed by atoms with Gasteiger partial charge < -0.3 is 4.90 Å². The van der Waals surface area contributed by atoms with Crippen molar-refractivity contribution in [3.8, 4) is 10.6 Å². The van der Waals surface area contributed by atoms with Gasteiger partial charge in [0, 0.05) is 25.1 Å². The average molecular weight is 427 g/mol. The second kappa shape index (κ2) is 7.23. The summed E-state index contributed by atoms with van der Waals surface area (Å²) in [5.74, 6) is 2.10. The lowest BCUT2D eigenvalue weighted by molar-refractivity contribution is 0.0696. The van der Waals surface area contributed by atoms with Gasteiger partial charge in [-0.1, -0.05) is 11.3 Å². The zero-order valence-electron chi connectivity index (χ0n) is 15.9. The van der Waals surface area contributed by atoms with E-state index in [4.69, 9.17) is 4.98 Å². The molecule has 0 unspecified atom stereocenters. The number of amides is 1. The number of nitrogens with one attached hydrogen (secondary N) is 1. The molecule has 1 aliphatic rings. The number of pyridine rings is 1. The Labute approximate surface area is 174 Å². The van der Waals surface area contributed by atoms with E-state index < -0.39 is 0 Å². The van der Waals surface area contributed by atoms with Gasteiger partial charge in [-0.2, -0.15) is 22.1 Å². The van der Waals surface area contributed by atoms with Crippen molar-refractivity contribution in [3.63, 3.8) is 0 Å². The van der Waals surface area contributed by atoms with E-state index in [2.05, 4.69) is 25.7 Å². The molecule has 1 atom stereocenters. The summed E-state index contributed by atoms with van der Waals surface area (Å²) < 4.78 is 1.74. The topological polar surface area (TPSA) is 105 Å². The van der Waals surface area contributed by atoms with E-state index in [0.717, 1.165) is 33.2 Å². The van der Waals surface area contributed by atoms with E-state index >= 15 is 0 Å². The molecule has 0 spiro atoms. The maximum Gasteiger partial charge on any atom is 0.255 e. The smallest absolute Gasteiger partial charge is 0.255 e. The summed E-state index contributed by atoms with van der Waals surface area (Å²) in [5, 5.41) is 21.7. The van der Waals surface area contributed by atoms with E-state index in [9.17, 15) is 4.79 Å². The number of fused-ring (bicyclic) bond motifs is 1. The van der Waals surface area contributed by atoms with Gasteiger partial charge >= 0.3 is 0 Å². The van der Waals surface area contributed by atoms with Crippen molar-refractivity contribution in [3.05, 3.63) is 40.7 Å². The molecule has 5 heterocycles. The summed E-state index contributed by atoms with van der Waals surface area (Å²) in [6, 6.07) is 5.66. The van der Waals surface area contributed by atoms with Gasteiger partial charge in [0.2, 0.25) is 0 Å². The van der Waals surface area contributed by atoms with Gasteiger partial charge in [0.1, 0.15) is 6.04 Å².